The predicted molar refractivity (Wildman–Crippen MR) is 80.3 cm³/mol. The van der Waals surface area contributed by atoms with Crippen molar-refractivity contribution in [3.8, 4) is 0 Å². The zero-order chi connectivity index (χ0) is 13.9. The van der Waals surface area contributed by atoms with Crippen LogP contribution in [0, 0.1) is 6.92 Å². The first kappa shape index (κ1) is 14.0. The van der Waals surface area contributed by atoms with Crippen molar-refractivity contribution in [1.82, 2.24) is 10.3 Å². The molecule has 0 radical (unpaired) electrons. The highest BCUT2D eigenvalue weighted by Crippen LogP contribution is 2.24. The van der Waals surface area contributed by atoms with E-state index < -0.39 is 0 Å². The maximum atomic E-state index is 6.07. The van der Waals surface area contributed by atoms with E-state index in [0.717, 1.165) is 19.6 Å². The van der Waals surface area contributed by atoms with Crippen LogP contribution < -0.4 is 11.3 Å². The van der Waals surface area contributed by atoms with Crippen LogP contribution in [0.1, 0.15) is 24.0 Å². The monoisotopic (exact) mass is 275 g/mol. The normalized spacial score (nSPS) is 28.3. The number of hydrazine groups is 1. The molecule has 0 aromatic heterocycles. The van der Waals surface area contributed by atoms with Crippen molar-refractivity contribution in [2.75, 3.05) is 19.7 Å². The van der Waals surface area contributed by atoms with E-state index in [4.69, 9.17) is 10.6 Å². The summed E-state index contributed by atoms with van der Waals surface area (Å²) in [5.41, 5.74) is 5.65. The van der Waals surface area contributed by atoms with Crippen LogP contribution in [0.3, 0.4) is 0 Å². The first-order chi connectivity index (χ1) is 9.78. The summed E-state index contributed by atoms with van der Waals surface area (Å²) in [5, 5.41) is 0. The molecule has 4 nitrogen and oxygen atoms in total. The van der Waals surface area contributed by atoms with Crippen LogP contribution in [-0.2, 0) is 11.2 Å². The van der Waals surface area contributed by atoms with Gasteiger partial charge in [-0.1, -0.05) is 24.3 Å². The summed E-state index contributed by atoms with van der Waals surface area (Å²) in [6.45, 7) is 5.23. The van der Waals surface area contributed by atoms with E-state index in [1.54, 1.807) is 0 Å². The van der Waals surface area contributed by atoms with E-state index >= 15 is 0 Å². The van der Waals surface area contributed by atoms with Crippen molar-refractivity contribution < 1.29 is 4.74 Å². The molecule has 1 aromatic carbocycles. The SMILES string of the molecule is Cc1ccccc1CC(NN)C1CN2CCCC2CO1. The van der Waals surface area contributed by atoms with Gasteiger partial charge in [-0.2, -0.15) is 0 Å². The lowest BCUT2D eigenvalue weighted by molar-refractivity contribution is -0.0644. The van der Waals surface area contributed by atoms with Crippen molar-refractivity contribution >= 4 is 0 Å². The third-order valence-electron chi connectivity index (χ3n) is 4.78. The summed E-state index contributed by atoms with van der Waals surface area (Å²) >= 11 is 0. The topological polar surface area (TPSA) is 50.5 Å². The Morgan fingerprint density at radius 2 is 2.30 bits per heavy atom. The van der Waals surface area contributed by atoms with Crippen molar-refractivity contribution in [1.29, 1.82) is 0 Å². The largest absolute Gasteiger partial charge is 0.374 e. The van der Waals surface area contributed by atoms with Crippen molar-refractivity contribution in [3.05, 3.63) is 35.4 Å². The second-order valence-electron chi connectivity index (χ2n) is 6.07. The zero-order valence-electron chi connectivity index (χ0n) is 12.2. The number of ether oxygens (including phenoxy) is 1. The van der Waals surface area contributed by atoms with Gasteiger partial charge in [0.05, 0.1) is 18.8 Å². The number of aryl methyl sites for hydroxylation is 1. The number of fused-ring (bicyclic) bond motifs is 1. The molecule has 3 N–H and O–H groups in total. The maximum absolute atomic E-state index is 6.07. The van der Waals surface area contributed by atoms with Gasteiger partial charge in [-0.05, 0) is 43.9 Å². The number of nitrogens with two attached hydrogens (primary N) is 1. The Hall–Kier alpha value is -0.940. The van der Waals surface area contributed by atoms with E-state index in [0.29, 0.717) is 6.04 Å². The molecule has 1 aromatic rings. The van der Waals surface area contributed by atoms with Crippen molar-refractivity contribution in [2.45, 2.75) is 44.4 Å². The number of hydrogen-bond acceptors (Lipinski definition) is 4. The van der Waals surface area contributed by atoms with Crippen molar-refractivity contribution in [2.24, 2.45) is 5.84 Å². The van der Waals surface area contributed by atoms with Gasteiger partial charge in [0.2, 0.25) is 0 Å². The highest BCUT2D eigenvalue weighted by atomic mass is 16.5. The summed E-state index contributed by atoms with van der Waals surface area (Å²) in [6.07, 6.45) is 3.70. The third kappa shape index (κ3) is 2.88. The van der Waals surface area contributed by atoms with Crippen LogP contribution in [0.15, 0.2) is 24.3 Å². The molecule has 0 saturated carbocycles. The molecule has 4 heteroatoms. The minimum atomic E-state index is 0.178. The molecule has 2 fully saturated rings. The number of morpholine rings is 1. The summed E-state index contributed by atoms with van der Waals surface area (Å²) in [4.78, 5) is 2.57. The summed E-state index contributed by atoms with van der Waals surface area (Å²) in [7, 11) is 0. The van der Waals surface area contributed by atoms with Gasteiger partial charge >= 0.3 is 0 Å². The quantitative estimate of drug-likeness (QED) is 0.641. The van der Waals surface area contributed by atoms with E-state index in [2.05, 4.69) is 41.5 Å². The van der Waals surface area contributed by atoms with Crippen molar-refractivity contribution in [3.63, 3.8) is 0 Å². The van der Waals surface area contributed by atoms with E-state index in [-0.39, 0.29) is 12.1 Å². The Kier molecular flexibility index (Phi) is 4.36. The molecule has 110 valence electrons. The molecule has 20 heavy (non-hydrogen) atoms. The molecule has 2 saturated heterocycles. The molecule has 3 unspecified atom stereocenters. The van der Waals surface area contributed by atoms with E-state index in [9.17, 15) is 0 Å². The Labute approximate surface area is 121 Å². The number of rotatable bonds is 4. The number of nitrogens with zero attached hydrogens (tertiary/aromatic N) is 1. The third-order valence-corrected chi connectivity index (χ3v) is 4.78. The number of nitrogens with one attached hydrogen (secondary N) is 1. The Morgan fingerprint density at radius 1 is 1.45 bits per heavy atom. The fourth-order valence-electron chi connectivity index (χ4n) is 3.46. The Morgan fingerprint density at radius 3 is 3.10 bits per heavy atom. The van der Waals surface area contributed by atoms with Crippen LogP contribution in [0.4, 0.5) is 0 Å². The summed E-state index contributed by atoms with van der Waals surface area (Å²) in [6, 6.07) is 9.33. The second-order valence-corrected chi connectivity index (χ2v) is 6.07. The summed E-state index contributed by atoms with van der Waals surface area (Å²) in [5.74, 6) is 5.79. The van der Waals surface area contributed by atoms with Crippen LogP contribution in [0.5, 0.6) is 0 Å². The molecule has 0 aliphatic carbocycles. The first-order valence-corrected chi connectivity index (χ1v) is 7.64. The lowest BCUT2D eigenvalue weighted by Crippen LogP contribution is -2.56. The molecule has 2 aliphatic rings. The molecule has 0 amide bonds. The Bertz CT molecular complexity index is 451. The Balaban J connectivity index is 1.66. The fraction of sp³-hybridized carbons (Fsp3) is 0.625. The highest BCUT2D eigenvalue weighted by Gasteiger charge is 2.35. The first-order valence-electron chi connectivity index (χ1n) is 7.64. The van der Waals surface area contributed by atoms with Gasteiger partial charge < -0.3 is 4.74 Å². The average molecular weight is 275 g/mol. The van der Waals surface area contributed by atoms with Crippen LogP contribution >= 0.6 is 0 Å². The smallest absolute Gasteiger partial charge is 0.0872 e. The highest BCUT2D eigenvalue weighted by molar-refractivity contribution is 5.26. The average Bonchev–Trinajstić information content (AvgIpc) is 2.94. The van der Waals surface area contributed by atoms with Crippen LogP contribution in [-0.4, -0.2) is 42.8 Å². The zero-order valence-corrected chi connectivity index (χ0v) is 12.2. The molecule has 3 rings (SSSR count). The molecular formula is C16H25N3O. The van der Waals surface area contributed by atoms with Crippen LogP contribution in [0.25, 0.3) is 0 Å². The lowest BCUT2D eigenvalue weighted by atomic mass is 9.97. The lowest BCUT2D eigenvalue weighted by Gasteiger charge is -2.38. The van der Waals surface area contributed by atoms with Crippen LogP contribution in [0.2, 0.25) is 0 Å². The van der Waals surface area contributed by atoms with Gasteiger partial charge in [-0.15, -0.1) is 0 Å². The van der Waals surface area contributed by atoms with Gasteiger partial charge in [0.25, 0.3) is 0 Å². The van der Waals surface area contributed by atoms with E-state index in [1.165, 1.54) is 30.5 Å². The molecular weight excluding hydrogens is 250 g/mol. The second kappa shape index (κ2) is 6.22. The predicted octanol–water partition coefficient (Wildman–Crippen LogP) is 1.23. The maximum Gasteiger partial charge on any atom is 0.0872 e. The van der Waals surface area contributed by atoms with E-state index in [1.807, 2.05) is 0 Å². The van der Waals surface area contributed by atoms with Gasteiger partial charge in [0.1, 0.15) is 0 Å². The standard InChI is InChI=1S/C16H25N3O/c1-12-5-2-3-6-13(12)9-15(18-17)16-10-19-8-4-7-14(19)11-20-16/h2-3,5-6,14-16,18H,4,7-11,17H2,1H3. The minimum absolute atomic E-state index is 0.178. The fourth-order valence-corrected chi connectivity index (χ4v) is 3.46. The molecule has 0 spiro atoms. The van der Waals surface area contributed by atoms with Gasteiger partial charge in [0, 0.05) is 12.6 Å². The molecule has 2 aliphatic heterocycles. The van der Waals surface area contributed by atoms with Gasteiger partial charge in [-0.25, -0.2) is 0 Å². The van der Waals surface area contributed by atoms with Gasteiger partial charge in [-0.3, -0.25) is 16.2 Å². The van der Waals surface area contributed by atoms with Gasteiger partial charge in [0.15, 0.2) is 0 Å². The minimum Gasteiger partial charge on any atom is -0.374 e. The number of benzene rings is 1. The molecule has 0 bridgehead atoms. The molecule has 3 atom stereocenters. The number of hydrogen-bond donors (Lipinski definition) is 2. The molecule has 2 heterocycles. The summed E-state index contributed by atoms with van der Waals surface area (Å²) < 4.78 is 6.07.